The number of esters is 1. The van der Waals surface area contributed by atoms with Crippen LogP contribution in [0.2, 0.25) is 0 Å². The molecule has 13 heteroatoms. The van der Waals surface area contributed by atoms with Crippen molar-refractivity contribution in [1.82, 2.24) is 0 Å². The van der Waals surface area contributed by atoms with Gasteiger partial charge in [-0.2, -0.15) is 48.3 Å². The molecular weight excluding hydrogens is 385 g/mol. The fourth-order valence-corrected chi connectivity index (χ4v) is 1.37. The van der Waals surface area contributed by atoms with Gasteiger partial charge in [-0.15, -0.1) is 0 Å². The Balaban J connectivity index is 5.40. The molecule has 2 nitrogen and oxygen atoms in total. The molecule has 0 aromatic rings. The van der Waals surface area contributed by atoms with Crippen molar-refractivity contribution >= 4 is 5.97 Å². The zero-order chi connectivity index (χ0) is 20.5. The molecule has 0 atom stereocenters. The van der Waals surface area contributed by atoms with Gasteiger partial charge in [0, 0.05) is 5.57 Å². The maximum atomic E-state index is 13.3. The van der Waals surface area contributed by atoms with Crippen molar-refractivity contribution in [3.05, 3.63) is 12.2 Å². The molecule has 0 heterocycles. The SMILES string of the molecule is C=C(C)C(=O)OCCC(F)(F)C(F)(F)C(F)(F)C(F)(F)CC(F)(F)F. The third-order valence-electron chi connectivity index (χ3n) is 2.73. The van der Waals surface area contributed by atoms with Crippen molar-refractivity contribution < 1.29 is 57.8 Å². The predicted molar refractivity (Wildman–Crippen MR) is 60.9 cm³/mol. The average Bonchev–Trinajstić information content (AvgIpc) is 2.34. The third-order valence-corrected chi connectivity index (χ3v) is 2.73. The van der Waals surface area contributed by atoms with Gasteiger partial charge in [-0.25, -0.2) is 4.79 Å². The number of hydrogen-bond acceptors (Lipinski definition) is 2. The summed E-state index contributed by atoms with van der Waals surface area (Å²) >= 11 is 0. The molecule has 0 N–H and O–H groups in total. The van der Waals surface area contributed by atoms with Gasteiger partial charge < -0.3 is 4.74 Å². The first kappa shape index (κ1) is 23.4. The first-order chi connectivity index (χ1) is 10.8. The summed E-state index contributed by atoms with van der Waals surface area (Å²) in [6.45, 7) is 2.43. The standard InChI is InChI=1S/C12H11F11O2/c1-6(2)7(24)25-4-3-8(13,14)11(20,21)12(22,23)9(15,16)5-10(17,18)19/h1,3-5H2,2H3. The highest BCUT2D eigenvalue weighted by atomic mass is 19.4. The van der Waals surface area contributed by atoms with E-state index in [1.165, 1.54) is 0 Å². The Morgan fingerprint density at radius 3 is 1.60 bits per heavy atom. The summed E-state index contributed by atoms with van der Waals surface area (Å²) in [5, 5.41) is 0. The zero-order valence-electron chi connectivity index (χ0n) is 12.3. The summed E-state index contributed by atoms with van der Waals surface area (Å²) in [6, 6.07) is 0. The molecule has 0 radical (unpaired) electrons. The molecule has 0 unspecified atom stereocenters. The van der Waals surface area contributed by atoms with Crippen LogP contribution in [0.25, 0.3) is 0 Å². The molecule has 0 aromatic carbocycles. The number of hydrogen-bond donors (Lipinski definition) is 0. The van der Waals surface area contributed by atoms with Crippen LogP contribution in [0.15, 0.2) is 12.2 Å². The molecule has 0 bridgehead atoms. The molecular formula is C12H11F11O2. The fraction of sp³-hybridized carbons (Fsp3) is 0.750. The Labute approximate surface area is 133 Å². The van der Waals surface area contributed by atoms with Gasteiger partial charge in [-0.05, 0) is 6.92 Å². The minimum Gasteiger partial charge on any atom is -0.462 e. The van der Waals surface area contributed by atoms with Gasteiger partial charge in [0.05, 0.1) is 13.0 Å². The first-order valence-corrected chi connectivity index (χ1v) is 6.19. The summed E-state index contributed by atoms with van der Waals surface area (Å²) in [6.07, 6.45) is -12.1. The third kappa shape index (κ3) is 5.21. The summed E-state index contributed by atoms with van der Waals surface area (Å²) in [5.41, 5.74) is -0.364. The van der Waals surface area contributed by atoms with E-state index in [0.717, 1.165) is 6.92 Å². The topological polar surface area (TPSA) is 26.3 Å². The van der Waals surface area contributed by atoms with Gasteiger partial charge in [-0.1, -0.05) is 6.58 Å². The van der Waals surface area contributed by atoms with Crippen molar-refractivity contribution in [3.8, 4) is 0 Å². The van der Waals surface area contributed by atoms with Gasteiger partial charge in [0.25, 0.3) is 0 Å². The highest BCUT2D eigenvalue weighted by Crippen LogP contribution is 2.55. The van der Waals surface area contributed by atoms with Crippen LogP contribution in [0.5, 0.6) is 0 Å². The van der Waals surface area contributed by atoms with Crippen LogP contribution in [0.4, 0.5) is 48.3 Å². The second-order valence-corrected chi connectivity index (χ2v) is 5.02. The van der Waals surface area contributed by atoms with Crippen LogP contribution in [0.1, 0.15) is 19.8 Å². The molecule has 0 saturated carbocycles. The molecule has 0 amide bonds. The van der Waals surface area contributed by atoms with Crippen LogP contribution < -0.4 is 0 Å². The molecule has 0 fully saturated rings. The van der Waals surface area contributed by atoms with Gasteiger partial charge in [-0.3, -0.25) is 0 Å². The largest absolute Gasteiger partial charge is 0.462 e. The van der Waals surface area contributed by atoms with Crippen LogP contribution in [-0.4, -0.2) is 42.4 Å². The number of ether oxygens (including phenoxy) is 1. The Morgan fingerprint density at radius 2 is 1.24 bits per heavy atom. The first-order valence-electron chi connectivity index (χ1n) is 6.19. The van der Waals surface area contributed by atoms with Gasteiger partial charge >= 0.3 is 35.8 Å². The minimum absolute atomic E-state index is 0.364. The van der Waals surface area contributed by atoms with Gasteiger partial charge in [0.15, 0.2) is 0 Å². The normalized spacial score (nSPS) is 14.4. The lowest BCUT2D eigenvalue weighted by Gasteiger charge is -2.37. The van der Waals surface area contributed by atoms with E-state index < -0.39 is 55.3 Å². The lowest BCUT2D eigenvalue weighted by Crippen LogP contribution is -2.63. The van der Waals surface area contributed by atoms with E-state index in [1.807, 2.05) is 0 Å². The van der Waals surface area contributed by atoms with Crippen molar-refractivity contribution in [1.29, 1.82) is 0 Å². The number of halogens is 11. The van der Waals surface area contributed by atoms with E-state index in [9.17, 15) is 53.1 Å². The fourth-order valence-electron chi connectivity index (χ4n) is 1.37. The molecule has 0 aromatic heterocycles. The van der Waals surface area contributed by atoms with E-state index in [0.29, 0.717) is 0 Å². The summed E-state index contributed by atoms with van der Waals surface area (Å²) < 4.78 is 144. The summed E-state index contributed by atoms with van der Waals surface area (Å²) in [5.74, 6) is -27.6. The van der Waals surface area contributed by atoms with Crippen molar-refractivity contribution in [3.63, 3.8) is 0 Å². The molecule has 0 saturated heterocycles. The Hall–Kier alpha value is -1.56. The number of carbonyl (C=O) groups excluding carboxylic acids is 1. The van der Waals surface area contributed by atoms with E-state index in [2.05, 4.69) is 11.3 Å². The van der Waals surface area contributed by atoms with Crippen molar-refractivity contribution in [2.24, 2.45) is 0 Å². The Kier molecular flexibility index (Phi) is 6.55. The summed E-state index contributed by atoms with van der Waals surface area (Å²) in [7, 11) is 0. The minimum atomic E-state index is -7.03. The Bertz CT molecular complexity index is 508. The monoisotopic (exact) mass is 396 g/mol. The van der Waals surface area contributed by atoms with E-state index >= 15 is 0 Å². The van der Waals surface area contributed by atoms with E-state index in [4.69, 9.17) is 0 Å². The molecule has 25 heavy (non-hydrogen) atoms. The van der Waals surface area contributed by atoms with Gasteiger partial charge in [0.1, 0.15) is 6.42 Å². The summed E-state index contributed by atoms with van der Waals surface area (Å²) in [4.78, 5) is 10.8. The van der Waals surface area contributed by atoms with Crippen LogP contribution in [0, 0.1) is 0 Å². The highest BCUT2D eigenvalue weighted by Gasteiger charge is 2.81. The second-order valence-electron chi connectivity index (χ2n) is 5.02. The van der Waals surface area contributed by atoms with Crippen molar-refractivity contribution in [2.75, 3.05) is 6.61 Å². The van der Waals surface area contributed by atoms with Crippen LogP contribution in [-0.2, 0) is 9.53 Å². The molecule has 0 aliphatic rings. The maximum absolute atomic E-state index is 13.3. The molecule has 0 spiro atoms. The second kappa shape index (κ2) is 6.98. The molecule has 0 aliphatic carbocycles. The Morgan fingerprint density at radius 1 is 0.840 bits per heavy atom. The quantitative estimate of drug-likeness (QED) is 0.328. The lowest BCUT2D eigenvalue weighted by atomic mass is 9.95. The average molecular weight is 396 g/mol. The molecule has 148 valence electrons. The highest BCUT2D eigenvalue weighted by molar-refractivity contribution is 5.86. The maximum Gasteiger partial charge on any atom is 0.395 e. The van der Waals surface area contributed by atoms with E-state index in [1.54, 1.807) is 0 Å². The molecule has 0 aliphatic heterocycles. The molecule has 0 rings (SSSR count). The number of rotatable bonds is 8. The number of carbonyl (C=O) groups is 1. The van der Waals surface area contributed by atoms with Crippen molar-refractivity contribution in [2.45, 2.75) is 49.6 Å². The van der Waals surface area contributed by atoms with Gasteiger partial charge in [0.2, 0.25) is 0 Å². The predicted octanol–water partition coefficient (Wildman–Crippen LogP) is 4.99. The lowest BCUT2D eigenvalue weighted by molar-refractivity contribution is -0.378. The van der Waals surface area contributed by atoms with Crippen LogP contribution in [0.3, 0.4) is 0 Å². The number of alkyl halides is 11. The zero-order valence-corrected chi connectivity index (χ0v) is 12.3. The van der Waals surface area contributed by atoms with Crippen LogP contribution >= 0.6 is 0 Å². The van der Waals surface area contributed by atoms with E-state index in [-0.39, 0.29) is 5.57 Å². The smallest absolute Gasteiger partial charge is 0.395 e.